The van der Waals surface area contributed by atoms with E-state index in [2.05, 4.69) is 22.2 Å². The number of nitrogens with one attached hydrogen (secondary N) is 1. The molecule has 1 fully saturated rings. The fraction of sp³-hybridized carbons (Fsp3) is 0.667. The number of ether oxygens (including phenoxy) is 1. The summed E-state index contributed by atoms with van der Waals surface area (Å²) in [5.41, 5.74) is 6.46. The molecule has 1 saturated heterocycles. The van der Waals surface area contributed by atoms with Gasteiger partial charge in [0, 0.05) is 6.54 Å². The fourth-order valence-electron chi connectivity index (χ4n) is 2.38. The first-order valence-corrected chi connectivity index (χ1v) is 7.40. The summed E-state index contributed by atoms with van der Waals surface area (Å²) in [6.45, 7) is 7.28. The van der Waals surface area contributed by atoms with E-state index < -0.39 is 0 Å². The van der Waals surface area contributed by atoms with Crippen LogP contribution in [0.25, 0.3) is 0 Å². The number of hydrogen-bond donors (Lipinski definition) is 2. The van der Waals surface area contributed by atoms with Crippen molar-refractivity contribution in [3.05, 3.63) is 12.1 Å². The average molecular weight is 278 g/mol. The first-order valence-electron chi connectivity index (χ1n) is 7.40. The van der Waals surface area contributed by atoms with E-state index in [0.29, 0.717) is 11.6 Å². The zero-order valence-electron chi connectivity index (χ0n) is 12.7. The Labute approximate surface area is 121 Å². The average Bonchev–Trinajstić information content (AvgIpc) is 2.41. The van der Waals surface area contributed by atoms with Gasteiger partial charge in [0.25, 0.3) is 0 Å². The van der Waals surface area contributed by atoms with E-state index >= 15 is 0 Å². The summed E-state index contributed by atoms with van der Waals surface area (Å²) in [4.78, 5) is 6.82. The van der Waals surface area contributed by atoms with Crippen molar-refractivity contribution in [1.29, 1.82) is 0 Å². The molecule has 0 amide bonds. The van der Waals surface area contributed by atoms with Gasteiger partial charge in [-0.3, -0.25) is 0 Å². The molecular weight excluding hydrogens is 252 g/mol. The maximum absolute atomic E-state index is 5.87. The maximum Gasteiger partial charge on any atom is 0.239 e. The van der Waals surface area contributed by atoms with E-state index in [1.807, 2.05) is 26.0 Å². The third kappa shape index (κ3) is 4.27. The van der Waals surface area contributed by atoms with Crippen molar-refractivity contribution in [2.75, 3.05) is 37.7 Å². The summed E-state index contributed by atoms with van der Waals surface area (Å²) >= 11 is 0. The highest BCUT2D eigenvalue weighted by molar-refractivity contribution is 5.53. The Kier molecular flexibility index (Phi) is 5.06. The van der Waals surface area contributed by atoms with Crippen LogP contribution in [0.15, 0.2) is 12.1 Å². The molecule has 1 aliphatic heterocycles. The highest BCUT2D eigenvalue weighted by Gasteiger charge is 2.16. The Balaban J connectivity index is 1.89. The van der Waals surface area contributed by atoms with Crippen LogP contribution in [-0.2, 0) is 0 Å². The lowest BCUT2D eigenvalue weighted by molar-refractivity contribution is 0.225. The van der Waals surface area contributed by atoms with Crippen molar-refractivity contribution < 1.29 is 4.74 Å². The maximum atomic E-state index is 5.87. The number of nitrogen functional groups attached to an aromatic ring is 1. The Morgan fingerprint density at radius 3 is 2.75 bits per heavy atom. The topological polar surface area (TPSA) is 63.4 Å². The van der Waals surface area contributed by atoms with Crippen LogP contribution in [0.1, 0.15) is 26.7 Å². The Morgan fingerprint density at radius 1 is 1.40 bits per heavy atom. The number of pyridine rings is 1. The molecule has 112 valence electrons. The number of likely N-dealkylation sites (tertiary alicyclic amines) is 1. The molecule has 1 aromatic heterocycles. The first kappa shape index (κ1) is 14.9. The zero-order valence-corrected chi connectivity index (χ0v) is 12.7. The highest BCUT2D eigenvalue weighted by Crippen LogP contribution is 2.23. The zero-order chi connectivity index (χ0) is 14.5. The molecule has 3 N–H and O–H groups in total. The van der Waals surface area contributed by atoms with E-state index in [0.717, 1.165) is 18.3 Å². The van der Waals surface area contributed by atoms with Crippen LogP contribution in [-0.4, -0.2) is 42.7 Å². The minimum atomic E-state index is 0.0777. The standard InChI is InChI=1S/C15H26N4O/c1-11(2)20-15-13(16)4-5-14(18-15)17-10-12-6-8-19(3)9-7-12/h4-5,11-12H,6-10,16H2,1-3H3,(H,17,18). The number of anilines is 2. The van der Waals surface area contributed by atoms with Gasteiger partial charge in [0.2, 0.25) is 5.88 Å². The second-order valence-electron chi connectivity index (χ2n) is 5.89. The van der Waals surface area contributed by atoms with Crippen LogP contribution in [0.4, 0.5) is 11.5 Å². The third-order valence-corrected chi connectivity index (χ3v) is 3.65. The van der Waals surface area contributed by atoms with Crippen LogP contribution in [0.5, 0.6) is 5.88 Å². The summed E-state index contributed by atoms with van der Waals surface area (Å²) < 4.78 is 5.61. The van der Waals surface area contributed by atoms with Gasteiger partial charge < -0.3 is 20.7 Å². The molecule has 1 aromatic rings. The van der Waals surface area contributed by atoms with Gasteiger partial charge in [0.1, 0.15) is 5.82 Å². The third-order valence-electron chi connectivity index (χ3n) is 3.65. The summed E-state index contributed by atoms with van der Waals surface area (Å²) in [6.07, 6.45) is 2.57. The van der Waals surface area contributed by atoms with Crippen LogP contribution in [0.3, 0.4) is 0 Å². The lowest BCUT2D eigenvalue weighted by Gasteiger charge is -2.29. The second-order valence-corrected chi connectivity index (χ2v) is 5.89. The summed E-state index contributed by atoms with van der Waals surface area (Å²) in [5.74, 6) is 2.09. The SMILES string of the molecule is CC(C)Oc1nc(NCC2CCN(C)CC2)ccc1N. The molecule has 1 aliphatic rings. The Bertz CT molecular complexity index is 428. The quantitative estimate of drug-likeness (QED) is 0.864. The number of piperidine rings is 1. The number of rotatable bonds is 5. The van der Waals surface area contributed by atoms with Crippen molar-refractivity contribution in [1.82, 2.24) is 9.88 Å². The molecule has 0 radical (unpaired) electrons. The minimum Gasteiger partial charge on any atom is -0.473 e. The van der Waals surface area contributed by atoms with Crippen molar-refractivity contribution >= 4 is 11.5 Å². The molecule has 0 aromatic carbocycles. The van der Waals surface area contributed by atoms with Gasteiger partial charge in [0.05, 0.1) is 11.8 Å². The van der Waals surface area contributed by atoms with E-state index in [-0.39, 0.29) is 6.10 Å². The van der Waals surface area contributed by atoms with Crippen LogP contribution in [0.2, 0.25) is 0 Å². The molecule has 0 spiro atoms. The predicted octanol–water partition coefficient (Wildman–Crippen LogP) is 2.20. The van der Waals surface area contributed by atoms with Gasteiger partial charge >= 0.3 is 0 Å². The minimum absolute atomic E-state index is 0.0777. The number of hydrogen-bond acceptors (Lipinski definition) is 5. The number of nitrogens with zero attached hydrogens (tertiary/aromatic N) is 2. The molecular formula is C15H26N4O. The van der Waals surface area contributed by atoms with Crippen molar-refractivity contribution in [2.24, 2.45) is 5.92 Å². The van der Waals surface area contributed by atoms with Gasteiger partial charge in [-0.05, 0) is 64.9 Å². The summed E-state index contributed by atoms with van der Waals surface area (Å²) in [6, 6.07) is 3.76. The molecule has 0 saturated carbocycles. The molecule has 2 heterocycles. The van der Waals surface area contributed by atoms with Gasteiger partial charge in [-0.25, -0.2) is 0 Å². The monoisotopic (exact) mass is 278 g/mol. The second kappa shape index (κ2) is 6.79. The van der Waals surface area contributed by atoms with Crippen LogP contribution < -0.4 is 15.8 Å². The van der Waals surface area contributed by atoms with Crippen LogP contribution in [0, 0.1) is 5.92 Å². The molecule has 0 atom stereocenters. The van der Waals surface area contributed by atoms with Gasteiger partial charge in [0.15, 0.2) is 0 Å². The van der Waals surface area contributed by atoms with Crippen molar-refractivity contribution in [3.63, 3.8) is 0 Å². The van der Waals surface area contributed by atoms with E-state index in [4.69, 9.17) is 10.5 Å². The summed E-state index contributed by atoms with van der Waals surface area (Å²) in [7, 11) is 2.18. The first-order chi connectivity index (χ1) is 9.54. The predicted molar refractivity (Wildman–Crippen MR) is 83.1 cm³/mol. The van der Waals surface area contributed by atoms with Gasteiger partial charge in [-0.2, -0.15) is 4.98 Å². The van der Waals surface area contributed by atoms with E-state index in [1.165, 1.54) is 25.9 Å². The molecule has 5 heteroatoms. The smallest absolute Gasteiger partial charge is 0.239 e. The Hall–Kier alpha value is -1.49. The molecule has 0 bridgehead atoms. The van der Waals surface area contributed by atoms with Gasteiger partial charge in [-0.1, -0.05) is 0 Å². The van der Waals surface area contributed by atoms with Crippen LogP contribution >= 0.6 is 0 Å². The molecule has 20 heavy (non-hydrogen) atoms. The lowest BCUT2D eigenvalue weighted by Crippen LogP contribution is -2.33. The fourth-order valence-corrected chi connectivity index (χ4v) is 2.38. The number of nitrogens with two attached hydrogens (primary N) is 1. The largest absolute Gasteiger partial charge is 0.473 e. The molecule has 0 unspecified atom stereocenters. The van der Waals surface area contributed by atoms with Crippen molar-refractivity contribution in [3.8, 4) is 5.88 Å². The van der Waals surface area contributed by atoms with Crippen molar-refractivity contribution in [2.45, 2.75) is 32.8 Å². The highest BCUT2D eigenvalue weighted by atomic mass is 16.5. The van der Waals surface area contributed by atoms with Gasteiger partial charge in [-0.15, -0.1) is 0 Å². The molecule has 5 nitrogen and oxygen atoms in total. The molecule has 0 aliphatic carbocycles. The summed E-state index contributed by atoms with van der Waals surface area (Å²) in [5, 5.41) is 3.40. The molecule has 2 rings (SSSR count). The number of aromatic nitrogens is 1. The Morgan fingerprint density at radius 2 is 2.10 bits per heavy atom. The van der Waals surface area contributed by atoms with E-state index in [9.17, 15) is 0 Å². The normalized spacial score (nSPS) is 17.4. The lowest BCUT2D eigenvalue weighted by atomic mass is 9.97. The van der Waals surface area contributed by atoms with E-state index in [1.54, 1.807) is 0 Å².